The molecule has 0 spiro atoms. The normalized spacial score (nSPS) is 14.0. The van der Waals surface area contributed by atoms with Crippen molar-refractivity contribution in [2.24, 2.45) is 0 Å². The molecule has 2 heterocycles. The Bertz CT molecular complexity index is 708. The van der Waals surface area contributed by atoms with E-state index in [-0.39, 0.29) is 6.54 Å². The first-order valence-electron chi connectivity index (χ1n) is 6.28. The number of aromatic nitrogens is 2. The van der Waals surface area contributed by atoms with Gasteiger partial charge in [-0.3, -0.25) is 14.5 Å². The summed E-state index contributed by atoms with van der Waals surface area (Å²) >= 11 is 6.14. The van der Waals surface area contributed by atoms with Crippen LogP contribution in [0.15, 0.2) is 30.6 Å². The molecule has 0 saturated heterocycles. The molecule has 1 aliphatic heterocycles. The first-order chi connectivity index (χ1) is 9.63. The lowest BCUT2D eigenvalue weighted by molar-refractivity contribution is -0.114. The molecule has 0 atom stereocenters. The SMILES string of the molecule is CCn1ccnc1CN1C(=O)C(=O)c2cccc(Cl)c21. The van der Waals surface area contributed by atoms with Crippen molar-refractivity contribution in [1.29, 1.82) is 0 Å². The zero-order chi connectivity index (χ0) is 14.3. The topological polar surface area (TPSA) is 55.2 Å². The molecule has 5 nitrogen and oxygen atoms in total. The van der Waals surface area contributed by atoms with Crippen molar-refractivity contribution >= 4 is 29.0 Å². The number of ketones is 1. The molecule has 1 amide bonds. The van der Waals surface area contributed by atoms with Gasteiger partial charge in [-0.25, -0.2) is 4.98 Å². The Morgan fingerprint density at radius 1 is 1.30 bits per heavy atom. The molecule has 0 unspecified atom stereocenters. The van der Waals surface area contributed by atoms with E-state index in [1.54, 1.807) is 24.4 Å². The van der Waals surface area contributed by atoms with E-state index >= 15 is 0 Å². The third-order valence-corrected chi connectivity index (χ3v) is 3.69. The number of aryl methyl sites for hydroxylation is 1. The number of amides is 1. The van der Waals surface area contributed by atoms with E-state index < -0.39 is 11.7 Å². The van der Waals surface area contributed by atoms with Gasteiger partial charge in [0.25, 0.3) is 11.7 Å². The highest BCUT2D eigenvalue weighted by Crippen LogP contribution is 2.36. The van der Waals surface area contributed by atoms with Crippen molar-refractivity contribution in [3.63, 3.8) is 0 Å². The maximum Gasteiger partial charge on any atom is 0.299 e. The van der Waals surface area contributed by atoms with Gasteiger partial charge in [0.05, 0.1) is 22.8 Å². The molecule has 1 aromatic carbocycles. The van der Waals surface area contributed by atoms with Crippen molar-refractivity contribution in [1.82, 2.24) is 9.55 Å². The number of Topliss-reactive ketones (excluding diaryl/α,β-unsaturated/α-hetero) is 1. The Balaban J connectivity index is 2.03. The smallest absolute Gasteiger partial charge is 0.299 e. The third kappa shape index (κ3) is 1.82. The quantitative estimate of drug-likeness (QED) is 0.815. The molecule has 3 rings (SSSR count). The molecule has 0 saturated carbocycles. The summed E-state index contributed by atoms with van der Waals surface area (Å²) in [5.74, 6) is -0.350. The van der Waals surface area contributed by atoms with Gasteiger partial charge in [-0.05, 0) is 19.1 Å². The van der Waals surface area contributed by atoms with E-state index in [1.165, 1.54) is 4.90 Å². The number of hydrogen-bond acceptors (Lipinski definition) is 3. The van der Waals surface area contributed by atoms with Crippen LogP contribution in [-0.2, 0) is 17.9 Å². The Labute approximate surface area is 120 Å². The predicted molar refractivity (Wildman–Crippen MR) is 74.9 cm³/mol. The lowest BCUT2D eigenvalue weighted by Crippen LogP contribution is -2.30. The standard InChI is InChI=1S/C14H12ClN3O2/c1-2-17-7-6-16-11(17)8-18-12-9(13(19)14(18)20)4-3-5-10(12)15/h3-7H,2,8H2,1H3. The summed E-state index contributed by atoms with van der Waals surface area (Å²) < 4.78 is 1.92. The molecule has 0 fully saturated rings. The van der Waals surface area contributed by atoms with Crippen LogP contribution in [0.3, 0.4) is 0 Å². The number of rotatable bonds is 3. The first-order valence-corrected chi connectivity index (χ1v) is 6.66. The second-order valence-electron chi connectivity index (χ2n) is 4.49. The maximum absolute atomic E-state index is 12.1. The molecule has 20 heavy (non-hydrogen) atoms. The summed E-state index contributed by atoms with van der Waals surface area (Å²) in [6.07, 6.45) is 3.51. The van der Waals surface area contributed by atoms with Crippen LogP contribution in [0.5, 0.6) is 0 Å². The van der Waals surface area contributed by atoms with E-state index in [1.807, 2.05) is 17.7 Å². The molecule has 0 aliphatic carbocycles. The zero-order valence-electron chi connectivity index (χ0n) is 10.8. The van der Waals surface area contributed by atoms with Crippen LogP contribution >= 0.6 is 11.6 Å². The van der Waals surface area contributed by atoms with Gasteiger partial charge in [0, 0.05) is 18.9 Å². The number of halogens is 1. The lowest BCUT2D eigenvalue weighted by atomic mass is 10.1. The largest absolute Gasteiger partial charge is 0.334 e. The van der Waals surface area contributed by atoms with Crippen molar-refractivity contribution in [3.8, 4) is 0 Å². The van der Waals surface area contributed by atoms with Crippen LogP contribution in [0.2, 0.25) is 5.02 Å². The van der Waals surface area contributed by atoms with Gasteiger partial charge in [-0.15, -0.1) is 0 Å². The second kappa shape index (κ2) is 4.76. The number of hydrogen-bond donors (Lipinski definition) is 0. The molecular formula is C14H12ClN3O2. The minimum atomic E-state index is -0.557. The number of carbonyl (C=O) groups excluding carboxylic acids is 2. The summed E-state index contributed by atoms with van der Waals surface area (Å²) in [5.41, 5.74) is 0.840. The van der Waals surface area contributed by atoms with Crippen molar-refractivity contribution in [3.05, 3.63) is 47.0 Å². The van der Waals surface area contributed by atoms with Crippen LogP contribution in [0.4, 0.5) is 5.69 Å². The first kappa shape index (κ1) is 12.9. The van der Waals surface area contributed by atoms with E-state index in [9.17, 15) is 9.59 Å². The molecule has 0 bridgehead atoms. The number of benzene rings is 1. The highest BCUT2D eigenvalue weighted by atomic mass is 35.5. The maximum atomic E-state index is 12.1. The molecule has 1 aliphatic rings. The van der Waals surface area contributed by atoms with Crippen LogP contribution in [0.1, 0.15) is 23.1 Å². The van der Waals surface area contributed by atoms with Gasteiger partial charge in [-0.2, -0.15) is 0 Å². The minimum absolute atomic E-state index is 0.238. The van der Waals surface area contributed by atoms with Gasteiger partial charge in [0.1, 0.15) is 5.82 Å². The van der Waals surface area contributed by atoms with Crippen molar-refractivity contribution < 1.29 is 9.59 Å². The molecule has 102 valence electrons. The van der Waals surface area contributed by atoms with Gasteiger partial charge < -0.3 is 4.57 Å². The molecule has 1 aromatic heterocycles. The number of para-hydroxylation sites is 1. The number of carbonyl (C=O) groups is 2. The summed E-state index contributed by atoms with van der Waals surface area (Å²) in [4.78, 5) is 29.7. The Morgan fingerprint density at radius 2 is 2.10 bits per heavy atom. The van der Waals surface area contributed by atoms with Gasteiger partial charge in [0.2, 0.25) is 0 Å². The fourth-order valence-electron chi connectivity index (χ4n) is 2.38. The number of anilines is 1. The highest BCUT2D eigenvalue weighted by Gasteiger charge is 2.37. The Hall–Kier alpha value is -2.14. The van der Waals surface area contributed by atoms with Gasteiger partial charge in [-0.1, -0.05) is 17.7 Å². The monoisotopic (exact) mass is 289 g/mol. The second-order valence-corrected chi connectivity index (χ2v) is 4.89. The lowest BCUT2D eigenvalue weighted by Gasteiger charge is -2.17. The summed E-state index contributed by atoms with van der Waals surface area (Å²) in [6.45, 7) is 2.98. The Morgan fingerprint density at radius 3 is 2.85 bits per heavy atom. The van der Waals surface area contributed by atoms with Gasteiger partial charge in [0.15, 0.2) is 0 Å². The predicted octanol–water partition coefficient (Wildman–Crippen LogP) is 2.29. The van der Waals surface area contributed by atoms with E-state index in [4.69, 9.17) is 11.6 Å². The van der Waals surface area contributed by atoms with E-state index in [0.717, 1.165) is 12.4 Å². The molecular weight excluding hydrogens is 278 g/mol. The summed E-state index contributed by atoms with van der Waals surface area (Å²) in [5, 5.41) is 0.399. The minimum Gasteiger partial charge on any atom is -0.334 e. The van der Waals surface area contributed by atoms with Crippen LogP contribution < -0.4 is 4.90 Å². The molecule has 0 radical (unpaired) electrons. The summed E-state index contributed by atoms with van der Waals surface area (Å²) in [7, 11) is 0. The average molecular weight is 290 g/mol. The molecule has 2 aromatic rings. The number of imidazole rings is 1. The van der Waals surface area contributed by atoms with Crippen molar-refractivity contribution in [2.75, 3.05) is 4.90 Å². The van der Waals surface area contributed by atoms with Crippen LogP contribution in [-0.4, -0.2) is 21.2 Å². The van der Waals surface area contributed by atoms with E-state index in [0.29, 0.717) is 16.3 Å². The number of nitrogens with zero attached hydrogens (tertiary/aromatic N) is 3. The van der Waals surface area contributed by atoms with Crippen LogP contribution in [0, 0.1) is 0 Å². The van der Waals surface area contributed by atoms with Gasteiger partial charge >= 0.3 is 0 Å². The van der Waals surface area contributed by atoms with Crippen molar-refractivity contribution in [2.45, 2.75) is 20.0 Å². The van der Waals surface area contributed by atoms with Crippen LogP contribution in [0.25, 0.3) is 0 Å². The third-order valence-electron chi connectivity index (χ3n) is 3.38. The molecule has 0 N–H and O–H groups in total. The average Bonchev–Trinajstić information content (AvgIpc) is 2.99. The van der Waals surface area contributed by atoms with E-state index in [2.05, 4.69) is 4.98 Å². The summed E-state index contributed by atoms with van der Waals surface area (Å²) in [6, 6.07) is 4.96. The zero-order valence-corrected chi connectivity index (χ0v) is 11.6. The highest BCUT2D eigenvalue weighted by molar-refractivity contribution is 6.54. The molecule has 6 heteroatoms. The Kier molecular flexibility index (Phi) is 3.06. The fraction of sp³-hybridized carbons (Fsp3) is 0.214. The number of fused-ring (bicyclic) bond motifs is 1. The fourth-order valence-corrected chi connectivity index (χ4v) is 2.66.